The molecule has 1 fully saturated rings. The van der Waals surface area contributed by atoms with Gasteiger partial charge in [-0.25, -0.2) is 4.98 Å². The summed E-state index contributed by atoms with van der Waals surface area (Å²) in [5.74, 6) is 0.381. The normalized spacial score (nSPS) is 21.3. The van der Waals surface area contributed by atoms with Gasteiger partial charge in [0.05, 0.1) is 6.04 Å². The third kappa shape index (κ3) is 3.83. The number of hydrogen-bond donors (Lipinski definition) is 1. The Balaban J connectivity index is 1.63. The van der Waals surface area contributed by atoms with Crippen LogP contribution in [0.1, 0.15) is 54.5 Å². The Morgan fingerprint density at radius 3 is 2.45 bits per heavy atom. The van der Waals surface area contributed by atoms with Crippen molar-refractivity contribution in [1.82, 2.24) is 19.7 Å². The molecule has 29 heavy (non-hydrogen) atoms. The number of aromatic nitrogens is 3. The maximum atomic E-state index is 13.2. The number of piperidine rings is 1. The highest BCUT2D eigenvalue weighted by molar-refractivity contribution is 8.00. The van der Waals surface area contributed by atoms with Crippen LogP contribution in [-0.2, 0) is 17.6 Å². The van der Waals surface area contributed by atoms with E-state index in [1.165, 1.54) is 22.0 Å². The van der Waals surface area contributed by atoms with Crippen LogP contribution >= 0.6 is 11.8 Å². The van der Waals surface area contributed by atoms with Crippen LogP contribution in [0.5, 0.6) is 0 Å². The van der Waals surface area contributed by atoms with Crippen LogP contribution in [0.2, 0.25) is 0 Å². The molecule has 2 N–H and O–H groups in total. The molecule has 1 aromatic heterocycles. The van der Waals surface area contributed by atoms with E-state index in [1.807, 2.05) is 6.92 Å². The van der Waals surface area contributed by atoms with Gasteiger partial charge >= 0.3 is 0 Å². The average molecular weight is 414 g/mol. The molecule has 154 valence electrons. The highest BCUT2D eigenvalue weighted by Gasteiger charge is 2.43. The van der Waals surface area contributed by atoms with Gasteiger partial charge in [-0.05, 0) is 43.5 Å². The highest BCUT2D eigenvalue weighted by atomic mass is 32.2. The minimum atomic E-state index is -0.298. The van der Waals surface area contributed by atoms with Crippen molar-refractivity contribution in [1.29, 1.82) is 0 Å². The number of aryl methyl sites for hydroxylation is 2. The monoisotopic (exact) mass is 413 g/mol. The molecule has 8 heteroatoms. The van der Waals surface area contributed by atoms with Gasteiger partial charge in [-0.3, -0.25) is 14.5 Å². The van der Waals surface area contributed by atoms with Gasteiger partial charge in [0.15, 0.2) is 11.0 Å². The van der Waals surface area contributed by atoms with E-state index in [4.69, 9.17) is 5.73 Å². The maximum absolute atomic E-state index is 13.2. The molecule has 0 saturated carbocycles. The Bertz CT molecular complexity index is 902. The highest BCUT2D eigenvalue weighted by Crippen LogP contribution is 2.42. The van der Waals surface area contributed by atoms with Crippen LogP contribution in [0, 0.1) is 5.92 Å². The van der Waals surface area contributed by atoms with Crippen molar-refractivity contribution < 1.29 is 9.59 Å². The molecule has 0 radical (unpaired) electrons. The Morgan fingerprint density at radius 1 is 1.21 bits per heavy atom. The molecular formula is C21H27N5O2S. The van der Waals surface area contributed by atoms with Crippen molar-refractivity contribution in [2.24, 2.45) is 11.7 Å². The van der Waals surface area contributed by atoms with E-state index in [1.54, 1.807) is 0 Å². The van der Waals surface area contributed by atoms with Crippen LogP contribution < -0.4 is 5.73 Å². The third-order valence-electron chi connectivity index (χ3n) is 5.96. The second-order valence-electron chi connectivity index (χ2n) is 7.71. The minimum Gasteiger partial charge on any atom is -0.369 e. The predicted octanol–water partition coefficient (Wildman–Crippen LogP) is 2.46. The standard InChI is InChI=1S/C21H27N5O2S/c1-3-13-5-7-14(8-6-13)17(25-11-9-15(10-12-25)19(22)27)18-20(28)26-21(29-18)23-16(4-2)24-26/h5-8,15,17-18H,3-4,9-12H2,1-2H3,(H2,22,27). The fraction of sp³-hybridized carbons (Fsp3) is 0.524. The summed E-state index contributed by atoms with van der Waals surface area (Å²) < 4.78 is 1.47. The summed E-state index contributed by atoms with van der Waals surface area (Å²) in [7, 11) is 0. The molecule has 2 aliphatic heterocycles. The fourth-order valence-corrected chi connectivity index (χ4v) is 5.46. The molecule has 0 bridgehead atoms. The van der Waals surface area contributed by atoms with Crippen molar-refractivity contribution in [3.63, 3.8) is 0 Å². The molecule has 4 rings (SSSR count). The van der Waals surface area contributed by atoms with E-state index in [9.17, 15) is 9.59 Å². The lowest BCUT2D eigenvalue weighted by molar-refractivity contribution is -0.123. The Hall–Kier alpha value is -2.19. The van der Waals surface area contributed by atoms with Crippen molar-refractivity contribution in [3.05, 3.63) is 41.2 Å². The zero-order valence-electron chi connectivity index (χ0n) is 16.9. The lowest BCUT2D eigenvalue weighted by atomic mass is 9.92. The number of fused-ring (bicyclic) bond motifs is 1. The van der Waals surface area contributed by atoms with E-state index < -0.39 is 0 Å². The third-order valence-corrected chi connectivity index (χ3v) is 7.15. The quantitative estimate of drug-likeness (QED) is 0.782. The van der Waals surface area contributed by atoms with Crippen molar-refractivity contribution in [3.8, 4) is 0 Å². The first-order valence-corrected chi connectivity index (χ1v) is 11.2. The van der Waals surface area contributed by atoms with E-state index in [2.05, 4.69) is 46.2 Å². The van der Waals surface area contributed by atoms with Crippen LogP contribution in [0.25, 0.3) is 0 Å². The van der Waals surface area contributed by atoms with Crippen LogP contribution in [0.15, 0.2) is 29.4 Å². The van der Waals surface area contributed by atoms with Gasteiger partial charge in [-0.2, -0.15) is 4.68 Å². The van der Waals surface area contributed by atoms with E-state index >= 15 is 0 Å². The number of hydrogen-bond acceptors (Lipinski definition) is 6. The molecule has 0 aliphatic carbocycles. The van der Waals surface area contributed by atoms with Crippen molar-refractivity contribution in [2.75, 3.05) is 13.1 Å². The van der Waals surface area contributed by atoms with Crippen LogP contribution in [0.4, 0.5) is 0 Å². The largest absolute Gasteiger partial charge is 0.369 e. The molecule has 2 atom stereocenters. The fourth-order valence-electron chi connectivity index (χ4n) is 4.18. The first-order chi connectivity index (χ1) is 14.0. The number of rotatable bonds is 6. The number of thioether (sulfide) groups is 1. The maximum Gasteiger partial charge on any atom is 0.264 e. The van der Waals surface area contributed by atoms with Crippen molar-refractivity contribution in [2.45, 2.75) is 56.0 Å². The van der Waals surface area contributed by atoms with Crippen LogP contribution in [0.3, 0.4) is 0 Å². The first-order valence-electron chi connectivity index (χ1n) is 10.3. The van der Waals surface area contributed by atoms with Crippen LogP contribution in [-0.4, -0.2) is 49.8 Å². The number of nitrogens with two attached hydrogens (primary N) is 1. The number of nitrogens with zero attached hydrogens (tertiary/aromatic N) is 4. The average Bonchev–Trinajstić information content (AvgIpc) is 3.28. The molecule has 1 aromatic carbocycles. The number of carbonyl (C=O) groups is 2. The zero-order valence-corrected chi connectivity index (χ0v) is 17.7. The summed E-state index contributed by atoms with van der Waals surface area (Å²) in [5, 5.41) is 4.76. The molecule has 2 unspecified atom stereocenters. The SMILES string of the molecule is CCc1ccc(C(C2Sc3nc(CC)nn3C2=O)N2CCC(C(N)=O)CC2)cc1. The minimum absolute atomic E-state index is 0.0150. The topological polar surface area (TPSA) is 94.1 Å². The lowest BCUT2D eigenvalue weighted by Crippen LogP contribution is -2.45. The van der Waals surface area contributed by atoms with Gasteiger partial charge in [-0.1, -0.05) is 49.9 Å². The Morgan fingerprint density at radius 2 is 1.90 bits per heavy atom. The Labute approximate surface area is 175 Å². The molecule has 3 heterocycles. The summed E-state index contributed by atoms with van der Waals surface area (Å²) in [5.41, 5.74) is 7.90. The molecule has 2 aliphatic rings. The summed E-state index contributed by atoms with van der Waals surface area (Å²) in [6.07, 6.45) is 3.15. The van der Waals surface area contributed by atoms with E-state index in [-0.39, 0.29) is 29.0 Å². The number of primary amides is 1. The zero-order chi connectivity index (χ0) is 20.5. The number of likely N-dealkylation sites (tertiary alicyclic amines) is 1. The summed E-state index contributed by atoms with van der Waals surface area (Å²) in [4.78, 5) is 31.6. The predicted molar refractivity (Wildman–Crippen MR) is 112 cm³/mol. The Kier molecular flexibility index (Phi) is 5.74. The van der Waals surface area contributed by atoms with Gasteiger partial charge in [0.2, 0.25) is 5.91 Å². The number of carbonyl (C=O) groups excluding carboxylic acids is 2. The summed E-state index contributed by atoms with van der Waals surface area (Å²) >= 11 is 1.50. The van der Waals surface area contributed by atoms with E-state index in [0.717, 1.165) is 37.9 Å². The van der Waals surface area contributed by atoms with Gasteiger partial charge < -0.3 is 5.73 Å². The second kappa shape index (κ2) is 8.28. The molecular weight excluding hydrogens is 386 g/mol. The smallest absolute Gasteiger partial charge is 0.264 e. The van der Waals surface area contributed by atoms with Crippen molar-refractivity contribution >= 4 is 23.6 Å². The lowest BCUT2D eigenvalue weighted by Gasteiger charge is -2.38. The molecule has 7 nitrogen and oxygen atoms in total. The number of benzene rings is 1. The molecule has 0 spiro atoms. The summed E-state index contributed by atoms with van der Waals surface area (Å²) in [6, 6.07) is 8.44. The van der Waals surface area contributed by atoms with Gasteiger partial charge in [0.25, 0.3) is 5.91 Å². The molecule has 1 amide bonds. The number of amides is 1. The summed E-state index contributed by atoms with van der Waals surface area (Å²) in [6.45, 7) is 5.61. The second-order valence-corrected chi connectivity index (χ2v) is 8.81. The molecule has 2 aromatic rings. The van der Waals surface area contributed by atoms with Gasteiger partial charge in [-0.15, -0.1) is 5.10 Å². The first kappa shape index (κ1) is 20.1. The van der Waals surface area contributed by atoms with E-state index in [0.29, 0.717) is 17.4 Å². The molecule has 1 saturated heterocycles. The van der Waals surface area contributed by atoms with Gasteiger partial charge in [0, 0.05) is 12.3 Å². The van der Waals surface area contributed by atoms with Gasteiger partial charge in [0.1, 0.15) is 5.25 Å².